The minimum atomic E-state index is -0.275. The third kappa shape index (κ3) is 16.8. The Balaban J connectivity index is 0.000000137. The molecule has 11 heterocycles. The molecule has 7 N–H and O–H groups in total. The fourth-order valence-electron chi connectivity index (χ4n) is 8.61. The summed E-state index contributed by atoms with van der Waals surface area (Å²) in [7, 11) is 4.47. The summed E-state index contributed by atoms with van der Waals surface area (Å²) in [5.74, 6) is 2.81. The average Bonchev–Trinajstić information content (AvgIpc) is 2.54. The van der Waals surface area contributed by atoms with E-state index in [9.17, 15) is 18.3 Å². The average molecular weight is 1300 g/mol. The molecule has 3 aromatic carbocycles. The summed E-state index contributed by atoms with van der Waals surface area (Å²) in [6.07, 6.45) is 14.5. The van der Waals surface area contributed by atoms with Crippen molar-refractivity contribution in [1.29, 1.82) is 0 Å². The van der Waals surface area contributed by atoms with Gasteiger partial charge in [-0.2, -0.15) is 9.97 Å². The number of fused-ring (bicyclic) bond motifs is 3. The Morgan fingerprint density at radius 2 is 1.07 bits per heavy atom. The highest BCUT2D eigenvalue weighted by Gasteiger charge is 2.27. The molecule has 2 atom stereocenters. The number of nitrogens with two attached hydrogens (primary N) is 1. The number of aliphatic hydroxyl groups is 2. The highest BCUT2D eigenvalue weighted by atomic mass is 35.5. The number of rotatable bonds is 10. The van der Waals surface area contributed by atoms with E-state index < -0.39 is 0 Å². The quantitative estimate of drug-likeness (QED) is 0.0423. The smallest absolute Gasteiger partial charge is 0.228 e. The van der Waals surface area contributed by atoms with Gasteiger partial charge in [0.05, 0.1) is 68.5 Å². The number of imidazole rings is 3. The van der Waals surface area contributed by atoms with Crippen molar-refractivity contribution < 1.29 is 23.4 Å². The number of nitrogen functional groups attached to an aromatic ring is 1. The van der Waals surface area contributed by atoms with Gasteiger partial charge in [0, 0.05) is 36.7 Å². The van der Waals surface area contributed by atoms with Crippen LogP contribution in [-0.2, 0) is 0 Å². The van der Waals surface area contributed by atoms with Crippen LogP contribution in [0.1, 0.15) is 25.7 Å². The van der Waals surface area contributed by atoms with Crippen LogP contribution in [0.5, 0.6) is 0 Å². The maximum Gasteiger partial charge on any atom is 0.228 e. The van der Waals surface area contributed by atoms with Crippen molar-refractivity contribution in [3.63, 3.8) is 0 Å². The number of hydrogen-bond acceptors (Lipinski definition) is 20. The normalized spacial score (nSPS) is 14.2. The lowest BCUT2D eigenvalue weighted by molar-refractivity contribution is 0.255. The number of anilines is 6. The second-order valence-corrected chi connectivity index (χ2v) is 22.7. The Kier molecular flexibility index (Phi) is 22.3. The van der Waals surface area contributed by atoms with Crippen molar-refractivity contribution in [2.45, 2.75) is 37.8 Å². The largest absolute Gasteiger partial charge is 0.395 e. The van der Waals surface area contributed by atoms with Crippen molar-refractivity contribution in [3.05, 3.63) is 178 Å². The first-order valence-corrected chi connectivity index (χ1v) is 30.4. The van der Waals surface area contributed by atoms with E-state index in [4.69, 9.17) is 55.6 Å². The molecule has 86 heavy (non-hydrogen) atoms. The van der Waals surface area contributed by atoms with Gasteiger partial charge in [-0.1, -0.05) is 11.6 Å². The summed E-state index contributed by atoms with van der Waals surface area (Å²) >= 11 is 21.9. The van der Waals surface area contributed by atoms with Gasteiger partial charge >= 0.3 is 0 Å². The predicted octanol–water partition coefficient (Wildman–Crippen LogP) is 13.4. The molecule has 9 aromatic heterocycles. The van der Waals surface area contributed by atoms with Crippen molar-refractivity contribution in [2.24, 2.45) is 4.74 Å². The molecule has 2 aliphatic heterocycles. The van der Waals surface area contributed by atoms with Gasteiger partial charge < -0.3 is 50.5 Å². The molecule has 0 aliphatic carbocycles. The predicted molar refractivity (Wildman–Crippen MR) is 341 cm³/mol. The molecule has 0 amide bonds. The van der Waals surface area contributed by atoms with Crippen molar-refractivity contribution in [3.8, 4) is 17.1 Å². The summed E-state index contributed by atoms with van der Waals surface area (Å²) in [5.41, 5.74) is 10.4. The lowest BCUT2D eigenvalue weighted by atomic mass is 10.2. The second-order valence-electron chi connectivity index (χ2n) is 18.5. The van der Waals surface area contributed by atoms with E-state index in [2.05, 4.69) is 69.5 Å². The number of aromatic nitrogens is 12. The maximum atomic E-state index is 13.2. The van der Waals surface area contributed by atoms with E-state index in [0.717, 1.165) is 80.1 Å². The number of benzene rings is 3. The number of thiophene rings is 3. The molecule has 0 radical (unpaired) electrons. The van der Waals surface area contributed by atoms with Gasteiger partial charge in [0.2, 0.25) is 16.5 Å². The third-order valence-electron chi connectivity index (χ3n) is 12.7. The standard InChI is InChI=1S/C20H19FN6OS.C15H9ClFN5S.C9H8FN3.C6H2Cl2N2S.C5H11NO.CH4NP/c21-13-3-5-14(6-4-13)26-10-17(22-12-26)24-19-18-16(7-9-29-18)23-20(25-19)27-8-1-2-15(27)11-28;16-15-19-11-5-6-23-13(11)14(21-15)20-12-7-22(8-18-12)10-3-1-9(17)2-4-10;10-7-1-3-8(4-2-7)13-5-9(11)12-6-13;7-5-4-3(1-2-11-4)9-6(8)10-5;7-4-5-2-1-3-6-5;1-2-3/h3-7,9-10,12,15,28H,1-2,8,11H2,(H,23,24,25);1-8H,(H,19,20,21);1-6H,11H2;1-2H;5-7H,1-4H2;3H,1H3/t15-;;;;5-;/m0...0./s1. The zero-order valence-corrected chi connectivity index (χ0v) is 51.1. The van der Waals surface area contributed by atoms with Gasteiger partial charge in [0.25, 0.3) is 0 Å². The van der Waals surface area contributed by atoms with Crippen LogP contribution in [0.2, 0.25) is 15.7 Å². The molecule has 0 spiro atoms. The molecule has 0 bridgehead atoms. The van der Waals surface area contributed by atoms with Crippen LogP contribution in [0, 0.1) is 17.5 Å². The molecule has 14 rings (SSSR count). The van der Waals surface area contributed by atoms with E-state index in [1.54, 1.807) is 95.3 Å². The van der Waals surface area contributed by atoms with Crippen LogP contribution in [0.3, 0.4) is 0 Å². The van der Waals surface area contributed by atoms with Crippen LogP contribution in [-0.4, -0.2) is 114 Å². The van der Waals surface area contributed by atoms with Gasteiger partial charge in [0.1, 0.15) is 53.9 Å². The summed E-state index contributed by atoms with van der Waals surface area (Å²) in [6, 6.07) is 24.7. The van der Waals surface area contributed by atoms with Crippen LogP contribution in [0.25, 0.3) is 47.7 Å². The van der Waals surface area contributed by atoms with E-state index in [-0.39, 0.29) is 40.7 Å². The molecule has 0 unspecified atom stereocenters. The van der Waals surface area contributed by atoms with Crippen LogP contribution in [0.15, 0.2) is 149 Å². The Hall–Kier alpha value is -7.75. The van der Waals surface area contributed by atoms with E-state index in [0.29, 0.717) is 52.8 Å². The minimum absolute atomic E-state index is 0.0524. The number of nitrogens with one attached hydrogen (secondary N) is 3. The fourth-order valence-corrected chi connectivity index (χ4v) is 11.6. The van der Waals surface area contributed by atoms with Crippen molar-refractivity contribution in [2.75, 3.05) is 54.6 Å². The Morgan fingerprint density at radius 1 is 0.605 bits per heavy atom. The Bertz CT molecular complexity index is 4110. The first-order chi connectivity index (χ1) is 41.8. The highest BCUT2D eigenvalue weighted by molar-refractivity contribution is 7.18. The molecule has 12 aromatic rings. The van der Waals surface area contributed by atoms with Crippen LogP contribution >= 0.6 is 77.8 Å². The molecule has 2 fully saturated rings. The van der Waals surface area contributed by atoms with Crippen LogP contribution < -0.4 is 26.6 Å². The van der Waals surface area contributed by atoms with Gasteiger partial charge in [-0.05, 0) is 172 Å². The number of hydrogen-bond donors (Lipinski definition) is 6. The van der Waals surface area contributed by atoms with Crippen molar-refractivity contribution >= 4 is 144 Å². The molecule has 0 saturated carbocycles. The first-order valence-electron chi connectivity index (χ1n) is 26.2. The summed E-state index contributed by atoms with van der Waals surface area (Å²) in [4.78, 5) is 40.2. The monoisotopic (exact) mass is 1300 g/mol. The van der Waals surface area contributed by atoms with Gasteiger partial charge in [-0.3, -0.25) is 4.74 Å². The van der Waals surface area contributed by atoms with Gasteiger partial charge in [-0.25, -0.2) is 48.1 Å². The van der Waals surface area contributed by atoms with Gasteiger partial charge in [0.15, 0.2) is 16.8 Å². The second kappa shape index (κ2) is 30.6. The molecule has 2 aliphatic rings. The number of halogens is 6. The molecule has 444 valence electrons. The van der Waals surface area contributed by atoms with Crippen LogP contribution in [0.4, 0.5) is 48.2 Å². The summed E-state index contributed by atoms with van der Waals surface area (Å²) in [5, 5.41) is 34.4. The lowest BCUT2D eigenvalue weighted by Crippen LogP contribution is -2.33. The molecular weight excluding hydrogens is 1250 g/mol. The fraction of sp³-hybridized carbons (Fsp3) is 0.196. The molecule has 20 nitrogen and oxygen atoms in total. The van der Waals surface area contributed by atoms with E-state index >= 15 is 0 Å². The number of nitrogens with zero attached hydrogens (tertiary/aromatic N) is 14. The van der Waals surface area contributed by atoms with Gasteiger partial charge in [-0.15, -0.1) is 34.0 Å². The lowest BCUT2D eigenvalue weighted by Gasteiger charge is -2.23. The van der Waals surface area contributed by atoms with E-state index in [1.165, 1.54) is 65.5 Å². The topological polar surface area (TPSA) is 249 Å². The Labute approximate surface area is 519 Å². The van der Waals surface area contributed by atoms with E-state index in [1.807, 2.05) is 45.1 Å². The highest BCUT2D eigenvalue weighted by Crippen LogP contribution is 2.34. The molecular formula is C56H53Cl3F3N18O2PS3. The first kappa shape index (κ1) is 62.8. The molecule has 30 heteroatoms. The number of aliphatic hydroxyl groups excluding tert-OH is 2. The Morgan fingerprint density at radius 3 is 1.53 bits per heavy atom. The SMILES string of the molecule is CN=P.Clc1nc(Cl)c2sccc2n1.Fc1ccc(-n2cnc(Nc3nc(Cl)nc4ccsc34)c2)cc1.Nc1cn(-c2ccc(F)cc2)cn1.OC[C@@H]1CCCN1.OC[C@@H]1CCCN1c1nc(Nc2cn(-c3ccc(F)cc3)cn2)c2sccc2n1. The maximum absolute atomic E-state index is 13.2. The summed E-state index contributed by atoms with van der Waals surface area (Å²) in [6.45, 7) is 2.32. The zero-order valence-electron chi connectivity index (χ0n) is 45.4. The minimum Gasteiger partial charge on any atom is -0.395 e. The third-order valence-corrected chi connectivity index (χ3v) is 16.1. The zero-order chi connectivity index (χ0) is 60.5. The summed E-state index contributed by atoms with van der Waals surface area (Å²) < 4.78 is 50.1. The molecule has 2 saturated heterocycles. The van der Waals surface area contributed by atoms with Crippen molar-refractivity contribution in [1.82, 2.24) is 63.9 Å².